The summed E-state index contributed by atoms with van der Waals surface area (Å²) in [6.45, 7) is 2.52. The van der Waals surface area contributed by atoms with Crippen LogP contribution in [0, 0.1) is 6.92 Å². The molecule has 4 saturated heterocycles. The van der Waals surface area contributed by atoms with Crippen molar-refractivity contribution in [2.24, 2.45) is 0 Å². The maximum Gasteiger partial charge on any atom is 0.407 e. The third-order valence-corrected chi connectivity index (χ3v) is 16.3. The molecule has 30 heteroatoms. The van der Waals surface area contributed by atoms with Crippen molar-refractivity contribution in [3.63, 3.8) is 0 Å². The maximum atomic E-state index is 13.7. The Labute approximate surface area is 482 Å². The van der Waals surface area contributed by atoms with Gasteiger partial charge in [0.05, 0.1) is 98.0 Å². The summed E-state index contributed by atoms with van der Waals surface area (Å²) < 4.78 is 72.2. The van der Waals surface area contributed by atoms with E-state index < -0.39 is 97.0 Å². The molecule has 83 heavy (non-hydrogen) atoms. The van der Waals surface area contributed by atoms with E-state index in [1.807, 2.05) is 6.92 Å². The molecule has 1 aliphatic carbocycles. The highest BCUT2D eigenvalue weighted by Crippen LogP contribution is 2.66. The summed E-state index contributed by atoms with van der Waals surface area (Å²) in [6, 6.07) is 6.13. The second kappa shape index (κ2) is 24.5. The number of nitrogens with zero attached hydrogens (tertiary/aromatic N) is 4. The molecule has 4 aromatic rings. The molecule has 3 aromatic carbocycles. The molecule has 4 unspecified atom stereocenters. The lowest BCUT2D eigenvalue weighted by molar-refractivity contribution is -0.343. The molecule has 7 N–H and O–H groups in total. The largest absolute Gasteiger partial charge is 0.506 e. The van der Waals surface area contributed by atoms with Crippen molar-refractivity contribution in [2.75, 3.05) is 78.9 Å². The van der Waals surface area contributed by atoms with Gasteiger partial charge in [-0.2, -0.15) is 0 Å². The number of aryl methyl sites for hydroxylation is 1. The Bertz CT molecular complexity index is 3150. The highest BCUT2D eigenvalue weighted by molar-refractivity contribution is 9.09. The summed E-state index contributed by atoms with van der Waals surface area (Å²) in [4.78, 5) is 63.7. The molecule has 10 rings (SSSR count). The minimum Gasteiger partial charge on any atom is -0.506 e. The molecule has 446 valence electrons. The van der Waals surface area contributed by atoms with Crippen LogP contribution in [0.3, 0.4) is 0 Å². The van der Waals surface area contributed by atoms with Crippen LogP contribution in [0.4, 0.5) is 4.79 Å². The summed E-state index contributed by atoms with van der Waals surface area (Å²) in [5.41, 5.74) is 0.391. The fraction of sp³-hybridized carbons (Fsp3) is 0.566. The normalized spacial score (nSPS) is 28.8. The summed E-state index contributed by atoms with van der Waals surface area (Å²) >= 11 is 3.41. The lowest BCUT2D eigenvalue weighted by Gasteiger charge is -2.53. The standard InChI is InChI=1S/C53H61BBrN5O23/c1-25-17-29-37(38(63)36-28(42(29)72-2)5-4-6-32(36)61)43-35(25)44-46-53(73-3,82-43)51(71,23-55)52(81-44,83-46)24-56-50(70)78-21-26-7-8-33(79-49-41(66)39(64)40(65)45(80-49)48(68)69)31(18-26)60-20-27(57-58-60)22-77-16-15-76-14-13-75-12-11-74-10-9-59-34(62)19-30(54)47(59)67/h7-8,17-18,20,30,39-41,44-46,49,63-66,71H,4-6,9-16,19,21-24H2,1-3H3,(H,56,70)(H,68,69)/t30?,39-,40-,41+,44?,45-,46?,49+,51+,52?,53+/m0/s1. The van der Waals surface area contributed by atoms with Crippen molar-refractivity contribution in [2.45, 2.75) is 112 Å². The predicted octanol–water partition coefficient (Wildman–Crippen LogP) is 0.469. The van der Waals surface area contributed by atoms with Crippen LogP contribution in [0.15, 0.2) is 30.5 Å². The van der Waals surface area contributed by atoms with E-state index in [-0.39, 0.29) is 123 Å². The minimum absolute atomic E-state index is 0.00628. The number of nitrogens with one attached hydrogen (secondary N) is 1. The third-order valence-electron chi connectivity index (χ3n) is 15.5. The van der Waals surface area contributed by atoms with Gasteiger partial charge in [-0.05, 0) is 49.1 Å². The zero-order valence-electron chi connectivity index (χ0n) is 45.2. The van der Waals surface area contributed by atoms with Gasteiger partial charge >= 0.3 is 12.1 Å². The molecule has 6 heterocycles. The number of aliphatic hydroxyl groups is 4. The van der Waals surface area contributed by atoms with Crippen LogP contribution in [-0.4, -0.2) is 221 Å². The van der Waals surface area contributed by atoms with Crippen molar-refractivity contribution in [1.82, 2.24) is 25.2 Å². The molecule has 1 aromatic heterocycles. The smallest absolute Gasteiger partial charge is 0.407 e. The van der Waals surface area contributed by atoms with Crippen LogP contribution in [0.5, 0.6) is 23.0 Å². The number of likely N-dealkylation sites (tertiary alicyclic amines) is 1. The molecular weight excluding hydrogens is 1170 g/mol. The number of methoxy groups -OCH3 is 2. The third kappa shape index (κ3) is 10.8. The Morgan fingerprint density at radius 2 is 1.66 bits per heavy atom. The zero-order chi connectivity index (χ0) is 59.1. The number of benzene rings is 3. The number of alkyl halides is 1. The number of carboxylic acid groups (broad SMARTS) is 1. The molecule has 5 aliphatic heterocycles. The first-order valence-electron chi connectivity index (χ1n) is 26.6. The number of aliphatic hydroxyl groups excluding tert-OH is 3. The number of alkyl carbamates (subject to hydrolysis) is 1. The monoisotopic (exact) mass is 1230 g/mol. The van der Waals surface area contributed by atoms with E-state index in [1.54, 1.807) is 6.07 Å². The number of carbonyl (C=O) groups excluding carboxylic acids is 4. The Morgan fingerprint density at radius 1 is 0.940 bits per heavy atom. The van der Waals surface area contributed by atoms with E-state index >= 15 is 0 Å². The Morgan fingerprint density at radius 3 is 2.34 bits per heavy atom. The number of hydrogen-bond acceptors (Lipinski definition) is 24. The molecular formula is C53H61BBrN5O23. The van der Waals surface area contributed by atoms with Crippen LogP contribution < -0.4 is 19.5 Å². The highest BCUT2D eigenvalue weighted by Gasteiger charge is 2.85. The summed E-state index contributed by atoms with van der Waals surface area (Å²) in [7, 11) is 8.41. The summed E-state index contributed by atoms with van der Waals surface area (Å²) in [6.07, 6.45) is -9.96. The van der Waals surface area contributed by atoms with E-state index in [9.17, 15) is 54.6 Å². The van der Waals surface area contributed by atoms with Gasteiger partial charge in [-0.1, -0.05) is 27.2 Å². The number of phenols is 1. The van der Waals surface area contributed by atoms with E-state index in [0.29, 0.717) is 51.9 Å². The average molecular weight is 1230 g/mol. The number of aliphatic carboxylic acids is 1. The number of rotatable bonds is 25. The van der Waals surface area contributed by atoms with E-state index in [0.717, 1.165) is 4.90 Å². The lowest BCUT2D eigenvalue weighted by atomic mass is 9.76. The number of aromatic nitrogens is 3. The number of carbonyl (C=O) groups is 5. The second-order valence-electron chi connectivity index (χ2n) is 20.5. The molecule has 2 bridgehead atoms. The van der Waals surface area contributed by atoms with Gasteiger partial charge in [0.15, 0.2) is 23.6 Å². The SMILES string of the molecule is [B]C1CC(=O)N(CCOCCOCCOCCOCc2cn(-c3cc(COC(=O)NCC45OC6c7c(C)cc8c(OC)c9c(c(O)c8c7O[C@](OC)(C6O4)[C@@]5(O)CBr)C(=O)CCC9)ccc3O[C@@H]3O[C@H](C(=O)O)[C@@H](O)[C@H](O)[C@H]3O)nn2)C1=O. The van der Waals surface area contributed by atoms with Gasteiger partial charge in [0.2, 0.25) is 23.9 Å². The Hall–Kier alpha value is -6.13. The number of fused-ring (bicyclic) bond motifs is 6. The number of Topliss-reactive ketones (excluding diaryl/α,β-unsaturated/α-hetero) is 1. The fourth-order valence-corrected chi connectivity index (χ4v) is 12.2. The molecule has 6 aliphatic rings. The summed E-state index contributed by atoms with van der Waals surface area (Å²) in [5.74, 6) is -7.33. The van der Waals surface area contributed by atoms with Crippen molar-refractivity contribution >= 4 is 64.2 Å². The molecule has 4 fully saturated rings. The first kappa shape index (κ1) is 60.0. The van der Waals surface area contributed by atoms with Crippen molar-refractivity contribution in [1.29, 1.82) is 0 Å². The number of hydrogen-bond donors (Lipinski definition) is 7. The Kier molecular flexibility index (Phi) is 17.7. The molecule has 3 amide bonds. The van der Waals surface area contributed by atoms with Crippen LogP contribution in [0.25, 0.3) is 16.5 Å². The van der Waals surface area contributed by atoms with Crippen LogP contribution in [0.2, 0.25) is 5.82 Å². The Balaban J connectivity index is 0.780. The first-order valence-corrected chi connectivity index (χ1v) is 27.7. The van der Waals surface area contributed by atoms with Crippen LogP contribution in [-0.2, 0) is 76.6 Å². The number of phenolic OH excluding ortho intramolecular Hbond substituents is 1. The fourth-order valence-electron chi connectivity index (χ4n) is 11.3. The number of amides is 3. The van der Waals surface area contributed by atoms with Gasteiger partial charge in [-0.3, -0.25) is 19.3 Å². The topological polar surface area (TPSA) is 363 Å². The zero-order valence-corrected chi connectivity index (χ0v) is 46.8. The minimum atomic E-state index is -2.20. The quantitative estimate of drug-likeness (QED) is 0.0205. The molecule has 0 saturated carbocycles. The second-order valence-corrected chi connectivity index (χ2v) is 21.1. The van der Waals surface area contributed by atoms with Gasteiger partial charge in [-0.15, -0.1) is 5.10 Å². The highest BCUT2D eigenvalue weighted by atomic mass is 79.9. The van der Waals surface area contributed by atoms with Gasteiger partial charge in [0.1, 0.15) is 65.4 Å². The van der Waals surface area contributed by atoms with E-state index in [2.05, 4.69) is 31.6 Å². The summed E-state index contributed by atoms with van der Waals surface area (Å²) in [5, 5.41) is 77.2. The van der Waals surface area contributed by atoms with Crippen LogP contribution in [0.1, 0.15) is 63.7 Å². The number of ether oxygens (including phenoxy) is 12. The first-order chi connectivity index (χ1) is 39.8. The molecule has 11 atom stereocenters. The number of ketones is 1. The number of imide groups is 1. The van der Waals surface area contributed by atoms with Crippen molar-refractivity contribution < 1.29 is 111 Å². The van der Waals surface area contributed by atoms with Crippen molar-refractivity contribution in [3.8, 4) is 28.7 Å². The van der Waals surface area contributed by atoms with Gasteiger partial charge in [-0.25, -0.2) is 14.3 Å². The molecule has 0 spiro atoms. The van der Waals surface area contributed by atoms with Gasteiger partial charge in [0, 0.05) is 47.6 Å². The van der Waals surface area contributed by atoms with Crippen LogP contribution >= 0.6 is 15.9 Å². The van der Waals surface area contributed by atoms with Crippen molar-refractivity contribution in [3.05, 3.63) is 64.0 Å². The molecule has 28 nitrogen and oxygen atoms in total. The van der Waals surface area contributed by atoms with E-state index in [1.165, 1.54) is 43.3 Å². The maximum absolute atomic E-state index is 13.7. The number of halogens is 1. The molecule has 2 radical (unpaired) electrons. The van der Waals surface area contributed by atoms with Gasteiger partial charge in [0.25, 0.3) is 5.79 Å². The predicted molar refractivity (Wildman–Crippen MR) is 282 cm³/mol. The van der Waals surface area contributed by atoms with Gasteiger partial charge < -0.3 is 92.8 Å². The number of aromatic hydroxyl groups is 1. The van der Waals surface area contributed by atoms with E-state index in [4.69, 9.17) is 64.7 Å². The lowest BCUT2D eigenvalue weighted by Crippen LogP contribution is -2.75. The number of carboxylic acids is 1. The average Bonchev–Trinajstić information content (AvgIpc) is 1.54.